The van der Waals surface area contributed by atoms with E-state index in [0.717, 1.165) is 0 Å². The van der Waals surface area contributed by atoms with Gasteiger partial charge in [-0.25, -0.2) is 14.6 Å². The fraction of sp³-hybridized carbons (Fsp3) is 0.235. The van der Waals surface area contributed by atoms with Crippen molar-refractivity contribution in [2.75, 3.05) is 13.7 Å². The van der Waals surface area contributed by atoms with Crippen molar-refractivity contribution < 1.29 is 14.3 Å². The van der Waals surface area contributed by atoms with Crippen molar-refractivity contribution >= 4 is 40.2 Å². The molecule has 7 nitrogen and oxygen atoms in total. The summed E-state index contributed by atoms with van der Waals surface area (Å²) in [5, 5.41) is 0.749. The Morgan fingerprint density at radius 2 is 2.12 bits per heavy atom. The second-order valence-corrected chi connectivity index (χ2v) is 6.29. The lowest BCUT2D eigenvalue weighted by molar-refractivity contribution is 0.0601. The zero-order valence-corrected chi connectivity index (χ0v) is 15.3. The van der Waals surface area contributed by atoms with E-state index < -0.39 is 5.97 Å². The SMILES string of the molecule is COC(=O)c1ccc2[nH]c(=O)n(CCCOc3ncc(Cl)cc3Cl)c2c1. The van der Waals surface area contributed by atoms with Crippen molar-refractivity contribution in [2.45, 2.75) is 13.0 Å². The minimum absolute atomic E-state index is 0.260. The van der Waals surface area contributed by atoms with Gasteiger partial charge in [-0.05, 0) is 30.7 Å². The molecule has 9 heteroatoms. The number of H-pyrrole nitrogens is 1. The molecule has 1 N–H and O–H groups in total. The van der Waals surface area contributed by atoms with Crippen LogP contribution in [0.5, 0.6) is 5.88 Å². The fourth-order valence-corrected chi connectivity index (χ4v) is 2.95. The van der Waals surface area contributed by atoms with E-state index in [1.54, 1.807) is 28.8 Å². The summed E-state index contributed by atoms with van der Waals surface area (Å²) in [6.45, 7) is 0.707. The first-order valence-corrected chi connectivity index (χ1v) is 8.50. The van der Waals surface area contributed by atoms with Gasteiger partial charge in [-0.3, -0.25) is 4.57 Å². The van der Waals surface area contributed by atoms with Crippen molar-refractivity contribution in [3.8, 4) is 5.88 Å². The van der Waals surface area contributed by atoms with E-state index in [0.29, 0.717) is 46.2 Å². The molecule has 0 aliphatic heterocycles. The molecule has 2 heterocycles. The van der Waals surface area contributed by atoms with E-state index in [-0.39, 0.29) is 11.6 Å². The average Bonchev–Trinajstić information content (AvgIpc) is 2.94. The Labute approximate surface area is 158 Å². The van der Waals surface area contributed by atoms with Gasteiger partial charge in [0.15, 0.2) is 0 Å². The highest BCUT2D eigenvalue weighted by Crippen LogP contribution is 2.24. The monoisotopic (exact) mass is 395 g/mol. The number of imidazole rings is 1. The Kier molecular flexibility index (Phi) is 5.49. The summed E-state index contributed by atoms with van der Waals surface area (Å²) in [5.74, 6) is -0.172. The summed E-state index contributed by atoms with van der Waals surface area (Å²) in [4.78, 5) is 30.6. The summed E-state index contributed by atoms with van der Waals surface area (Å²) in [6, 6.07) is 6.45. The standard InChI is InChI=1S/C17H15Cl2N3O4/c1-25-16(23)10-3-4-13-14(7-10)22(17(24)21-13)5-2-6-26-15-12(19)8-11(18)9-20-15/h3-4,7-9H,2,5-6H2,1H3,(H,21,24). The molecule has 0 saturated heterocycles. The number of aromatic amines is 1. The Bertz CT molecular complexity index is 1010. The van der Waals surface area contributed by atoms with Crippen LogP contribution in [0.1, 0.15) is 16.8 Å². The molecule has 1 aromatic carbocycles. The van der Waals surface area contributed by atoms with Gasteiger partial charge in [-0.15, -0.1) is 0 Å². The third-order valence-corrected chi connectivity index (χ3v) is 4.21. The van der Waals surface area contributed by atoms with Crippen LogP contribution >= 0.6 is 23.2 Å². The molecule has 0 saturated carbocycles. The van der Waals surface area contributed by atoms with Crippen molar-refractivity contribution in [3.63, 3.8) is 0 Å². The number of aryl methyl sites for hydroxylation is 1. The molecule has 0 radical (unpaired) electrons. The quantitative estimate of drug-likeness (QED) is 0.511. The number of rotatable bonds is 6. The second-order valence-electron chi connectivity index (χ2n) is 5.45. The number of halogens is 2. The second kappa shape index (κ2) is 7.80. The van der Waals surface area contributed by atoms with Gasteiger partial charge in [-0.1, -0.05) is 23.2 Å². The highest BCUT2D eigenvalue weighted by Gasteiger charge is 2.12. The number of benzene rings is 1. The summed E-state index contributed by atoms with van der Waals surface area (Å²) in [6.07, 6.45) is 1.98. The van der Waals surface area contributed by atoms with Crippen LogP contribution in [0.25, 0.3) is 11.0 Å². The predicted molar refractivity (Wildman–Crippen MR) is 98.3 cm³/mol. The van der Waals surface area contributed by atoms with Crippen LogP contribution in [0.15, 0.2) is 35.3 Å². The number of aromatic nitrogens is 3. The van der Waals surface area contributed by atoms with Gasteiger partial charge < -0.3 is 14.5 Å². The highest BCUT2D eigenvalue weighted by molar-refractivity contribution is 6.35. The number of carbonyl (C=O) groups is 1. The maximum absolute atomic E-state index is 12.1. The molecule has 0 bridgehead atoms. The predicted octanol–water partition coefficient (Wildman–Crippen LogP) is 3.29. The van der Waals surface area contributed by atoms with Gasteiger partial charge in [0.2, 0.25) is 5.88 Å². The number of pyridine rings is 1. The molecule has 0 fully saturated rings. The lowest BCUT2D eigenvalue weighted by Crippen LogP contribution is -2.18. The van der Waals surface area contributed by atoms with E-state index in [2.05, 4.69) is 9.97 Å². The van der Waals surface area contributed by atoms with Crippen LogP contribution in [0.3, 0.4) is 0 Å². The Balaban J connectivity index is 1.71. The summed E-state index contributed by atoms with van der Waals surface area (Å²) >= 11 is 11.8. The first-order valence-electron chi connectivity index (χ1n) is 7.74. The Morgan fingerprint density at radius 3 is 2.85 bits per heavy atom. The molecule has 0 spiro atoms. The first-order chi connectivity index (χ1) is 12.5. The molecule has 3 aromatic rings. The maximum atomic E-state index is 12.1. The zero-order chi connectivity index (χ0) is 18.7. The lowest BCUT2D eigenvalue weighted by Gasteiger charge is -2.08. The summed E-state index contributed by atoms with van der Waals surface area (Å²) in [7, 11) is 1.31. The van der Waals surface area contributed by atoms with Crippen LogP contribution in [0.2, 0.25) is 10.0 Å². The third-order valence-electron chi connectivity index (χ3n) is 3.74. The van der Waals surface area contributed by atoms with Crippen molar-refractivity contribution in [3.05, 3.63) is 56.6 Å². The van der Waals surface area contributed by atoms with E-state index in [9.17, 15) is 9.59 Å². The molecule has 136 valence electrons. The van der Waals surface area contributed by atoms with E-state index in [1.165, 1.54) is 13.3 Å². The van der Waals surface area contributed by atoms with Gasteiger partial charge >= 0.3 is 11.7 Å². The van der Waals surface area contributed by atoms with E-state index in [1.807, 2.05) is 0 Å². The van der Waals surface area contributed by atoms with Crippen molar-refractivity contribution in [1.82, 2.24) is 14.5 Å². The van der Waals surface area contributed by atoms with Gasteiger partial charge in [0.05, 0.1) is 35.3 Å². The topological polar surface area (TPSA) is 86.2 Å². The molecule has 26 heavy (non-hydrogen) atoms. The van der Waals surface area contributed by atoms with Crippen LogP contribution in [0, 0.1) is 0 Å². The van der Waals surface area contributed by atoms with Crippen LogP contribution < -0.4 is 10.4 Å². The van der Waals surface area contributed by atoms with Crippen LogP contribution in [0.4, 0.5) is 0 Å². The number of hydrogen-bond acceptors (Lipinski definition) is 5. The van der Waals surface area contributed by atoms with Crippen molar-refractivity contribution in [1.29, 1.82) is 0 Å². The number of nitrogens with zero attached hydrogens (tertiary/aromatic N) is 2. The molecule has 0 aliphatic rings. The average molecular weight is 396 g/mol. The van der Waals surface area contributed by atoms with Gasteiger partial charge in [0, 0.05) is 12.7 Å². The van der Waals surface area contributed by atoms with Gasteiger partial charge in [-0.2, -0.15) is 0 Å². The molecule has 0 aliphatic carbocycles. The summed E-state index contributed by atoms with van der Waals surface area (Å²) in [5.41, 5.74) is 1.39. The fourth-order valence-electron chi connectivity index (χ4n) is 2.52. The minimum Gasteiger partial charge on any atom is -0.477 e. The molecular formula is C17H15Cl2N3O4. The van der Waals surface area contributed by atoms with Gasteiger partial charge in [0.1, 0.15) is 5.02 Å². The highest BCUT2D eigenvalue weighted by atomic mass is 35.5. The molecule has 0 atom stereocenters. The largest absolute Gasteiger partial charge is 0.477 e. The van der Waals surface area contributed by atoms with Gasteiger partial charge in [0.25, 0.3) is 0 Å². The number of methoxy groups -OCH3 is 1. The normalized spacial score (nSPS) is 10.9. The van der Waals surface area contributed by atoms with Crippen molar-refractivity contribution in [2.24, 2.45) is 0 Å². The Hall–Kier alpha value is -2.51. The number of ether oxygens (including phenoxy) is 2. The first kappa shape index (κ1) is 18.3. The maximum Gasteiger partial charge on any atom is 0.337 e. The smallest absolute Gasteiger partial charge is 0.337 e. The molecule has 2 aromatic heterocycles. The molecule has 0 amide bonds. The van der Waals surface area contributed by atoms with Crippen LogP contribution in [-0.4, -0.2) is 34.2 Å². The van der Waals surface area contributed by atoms with E-state index in [4.69, 9.17) is 32.7 Å². The Morgan fingerprint density at radius 1 is 1.31 bits per heavy atom. The summed E-state index contributed by atoms with van der Waals surface area (Å²) < 4.78 is 11.8. The number of carbonyl (C=O) groups excluding carboxylic acids is 1. The number of nitrogens with one attached hydrogen (secondary N) is 1. The minimum atomic E-state index is -0.459. The third kappa shape index (κ3) is 3.84. The van der Waals surface area contributed by atoms with E-state index >= 15 is 0 Å². The lowest BCUT2D eigenvalue weighted by atomic mass is 10.2. The number of fused-ring (bicyclic) bond motifs is 1. The molecular weight excluding hydrogens is 381 g/mol. The zero-order valence-electron chi connectivity index (χ0n) is 13.8. The number of hydrogen-bond donors (Lipinski definition) is 1. The van der Waals surface area contributed by atoms with Crippen LogP contribution in [-0.2, 0) is 11.3 Å². The molecule has 3 rings (SSSR count). The molecule has 0 unspecified atom stereocenters. The number of esters is 1.